The van der Waals surface area contributed by atoms with Crippen molar-refractivity contribution in [3.05, 3.63) is 59.5 Å². The number of anilines is 1. The largest absolute Gasteiger partial charge is 0.310 e. The second-order valence-electron chi connectivity index (χ2n) is 8.73. The molecule has 1 unspecified atom stereocenters. The van der Waals surface area contributed by atoms with Crippen LogP contribution in [0.2, 0.25) is 0 Å². The Balaban J connectivity index is 1.43. The normalized spacial score (nSPS) is 21.7. The number of nitrogens with one attached hydrogen (secondary N) is 1. The van der Waals surface area contributed by atoms with E-state index >= 15 is 0 Å². The summed E-state index contributed by atoms with van der Waals surface area (Å²) >= 11 is 0. The summed E-state index contributed by atoms with van der Waals surface area (Å²) in [4.78, 5) is 29.7. The van der Waals surface area contributed by atoms with Crippen LogP contribution in [-0.2, 0) is 21.4 Å². The van der Waals surface area contributed by atoms with Gasteiger partial charge in [0.15, 0.2) is 0 Å². The van der Waals surface area contributed by atoms with Crippen molar-refractivity contribution in [2.24, 2.45) is 5.92 Å². The first-order chi connectivity index (χ1) is 14.8. The Morgan fingerprint density at radius 3 is 2.35 bits per heavy atom. The number of rotatable bonds is 6. The van der Waals surface area contributed by atoms with Crippen LogP contribution in [0.1, 0.15) is 56.1 Å². The van der Waals surface area contributed by atoms with Crippen LogP contribution >= 0.6 is 0 Å². The molecule has 2 aliphatic carbocycles. The summed E-state index contributed by atoms with van der Waals surface area (Å²) in [7, 11) is 0. The summed E-state index contributed by atoms with van der Waals surface area (Å²) < 4.78 is 40.3. The van der Waals surface area contributed by atoms with Gasteiger partial charge in [0.2, 0.25) is 11.8 Å². The van der Waals surface area contributed by atoms with Gasteiger partial charge in [0.1, 0.15) is 17.4 Å². The van der Waals surface area contributed by atoms with Gasteiger partial charge in [0, 0.05) is 31.4 Å². The van der Waals surface area contributed by atoms with Gasteiger partial charge in [-0.1, -0.05) is 24.6 Å². The maximum atomic E-state index is 13.6. The molecular weight excluding hydrogens is 405 g/mol. The highest BCUT2D eigenvalue weighted by atomic mass is 19.3. The minimum atomic E-state index is -2.79. The van der Waals surface area contributed by atoms with E-state index in [-0.39, 0.29) is 24.4 Å². The standard InChI is InChI=1S/C24H25F3N2O2/c25-19-7-4-16(5-8-19)13-20(30)23(10-2-11-23)18-6-9-21(28-15-18)29-22(31)17-3-1-12-24(26,27)14-17/h4-9,15,17H,1-3,10-14H2,(H,28,29,31). The number of hydrogen-bond donors (Lipinski definition) is 1. The highest BCUT2D eigenvalue weighted by Gasteiger charge is 2.45. The van der Waals surface area contributed by atoms with Crippen molar-refractivity contribution >= 4 is 17.5 Å². The molecule has 0 aliphatic heterocycles. The third kappa shape index (κ3) is 4.65. The molecule has 2 aliphatic rings. The predicted molar refractivity (Wildman–Crippen MR) is 110 cm³/mol. The highest BCUT2D eigenvalue weighted by Crippen LogP contribution is 2.45. The zero-order valence-electron chi connectivity index (χ0n) is 17.2. The number of pyridine rings is 1. The molecule has 1 aromatic heterocycles. The fourth-order valence-electron chi connectivity index (χ4n) is 4.59. The Morgan fingerprint density at radius 1 is 1.03 bits per heavy atom. The number of halogens is 3. The molecule has 1 atom stereocenters. The lowest BCUT2D eigenvalue weighted by atomic mass is 9.61. The average Bonchev–Trinajstić information content (AvgIpc) is 2.69. The van der Waals surface area contributed by atoms with Crippen molar-refractivity contribution in [3.63, 3.8) is 0 Å². The topological polar surface area (TPSA) is 59.1 Å². The van der Waals surface area contributed by atoms with Gasteiger partial charge in [-0.05, 0) is 55.0 Å². The average molecular weight is 430 g/mol. The van der Waals surface area contributed by atoms with E-state index in [2.05, 4.69) is 10.3 Å². The third-order valence-electron chi connectivity index (χ3n) is 6.60. The van der Waals surface area contributed by atoms with E-state index in [0.29, 0.717) is 18.7 Å². The van der Waals surface area contributed by atoms with Crippen molar-refractivity contribution in [2.75, 3.05) is 5.32 Å². The third-order valence-corrected chi connectivity index (χ3v) is 6.60. The molecule has 2 aromatic rings. The number of carbonyl (C=O) groups excluding carboxylic acids is 2. The van der Waals surface area contributed by atoms with Crippen LogP contribution < -0.4 is 5.32 Å². The van der Waals surface area contributed by atoms with Gasteiger partial charge in [-0.25, -0.2) is 18.2 Å². The summed E-state index contributed by atoms with van der Waals surface area (Å²) in [6.45, 7) is 0. The molecule has 0 spiro atoms. The molecule has 4 rings (SSSR count). The maximum Gasteiger partial charge on any atom is 0.248 e. The SMILES string of the molecule is O=C(Nc1ccc(C2(C(=O)Cc3ccc(F)cc3)CCC2)cn1)C1CCCC(F)(F)C1. The molecule has 1 aromatic carbocycles. The fraction of sp³-hybridized carbons (Fsp3) is 0.458. The zero-order valence-corrected chi connectivity index (χ0v) is 17.2. The summed E-state index contributed by atoms with van der Waals surface area (Å²) in [5.41, 5.74) is 0.932. The smallest absolute Gasteiger partial charge is 0.248 e. The van der Waals surface area contributed by atoms with Gasteiger partial charge in [0.05, 0.1) is 5.41 Å². The molecule has 1 amide bonds. The Hall–Kier alpha value is -2.70. The number of hydrogen-bond acceptors (Lipinski definition) is 3. The second-order valence-corrected chi connectivity index (χ2v) is 8.73. The molecule has 7 heteroatoms. The van der Waals surface area contributed by atoms with Crippen LogP contribution in [0.3, 0.4) is 0 Å². The number of benzene rings is 1. The van der Waals surface area contributed by atoms with Gasteiger partial charge in [0.25, 0.3) is 0 Å². The van der Waals surface area contributed by atoms with Gasteiger partial charge in [-0.2, -0.15) is 0 Å². The van der Waals surface area contributed by atoms with Crippen molar-refractivity contribution in [1.82, 2.24) is 4.98 Å². The molecule has 2 fully saturated rings. The lowest BCUT2D eigenvalue weighted by Gasteiger charge is -2.40. The van der Waals surface area contributed by atoms with Gasteiger partial charge < -0.3 is 5.32 Å². The van der Waals surface area contributed by atoms with Crippen molar-refractivity contribution in [1.29, 1.82) is 0 Å². The Kier molecular flexibility index (Phi) is 5.86. The van der Waals surface area contributed by atoms with E-state index in [0.717, 1.165) is 30.4 Å². The molecule has 0 bridgehead atoms. The van der Waals surface area contributed by atoms with Crippen LogP contribution in [0, 0.1) is 11.7 Å². The lowest BCUT2D eigenvalue weighted by molar-refractivity contribution is -0.127. The molecule has 0 radical (unpaired) electrons. The minimum absolute atomic E-state index is 0.0633. The zero-order chi connectivity index (χ0) is 22.1. The van der Waals surface area contributed by atoms with Gasteiger partial charge in [-0.15, -0.1) is 0 Å². The van der Waals surface area contributed by atoms with Crippen LogP contribution in [0.5, 0.6) is 0 Å². The molecule has 1 N–H and O–H groups in total. The van der Waals surface area contributed by atoms with Gasteiger partial charge in [-0.3, -0.25) is 9.59 Å². The van der Waals surface area contributed by atoms with Crippen LogP contribution in [-0.4, -0.2) is 22.6 Å². The minimum Gasteiger partial charge on any atom is -0.310 e. The number of aromatic nitrogens is 1. The van der Waals surface area contributed by atoms with E-state index in [1.165, 1.54) is 12.1 Å². The number of carbonyl (C=O) groups is 2. The summed E-state index contributed by atoms with van der Waals surface area (Å²) in [5.74, 6) is -3.94. The maximum absolute atomic E-state index is 13.6. The Labute approximate surface area is 179 Å². The predicted octanol–water partition coefficient (Wildman–Crippen LogP) is 5.22. The quantitative estimate of drug-likeness (QED) is 0.684. The number of nitrogens with zero attached hydrogens (tertiary/aromatic N) is 1. The molecule has 4 nitrogen and oxygen atoms in total. The second kappa shape index (κ2) is 8.44. The first-order valence-corrected chi connectivity index (χ1v) is 10.7. The summed E-state index contributed by atoms with van der Waals surface area (Å²) in [5, 5.41) is 2.63. The van der Waals surface area contributed by atoms with Crippen LogP contribution in [0.15, 0.2) is 42.6 Å². The van der Waals surface area contributed by atoms with E-state index in [1.807, 2.05) is 0 Å². The van der Waals surface area contributed by atoms with Gasteiger partial charge >= 0.3 is 0 Å². The first-order valence-electron chi connectivity index (χ1n) is 10.7. The Bertz CT molecular complexity index is 954. The van der Waals surface area contributed by atoms with E-state index in [1.54, 1.807) is 30.5 Å². The Morgan fingerprint density at radius 2 is 1.77 bits per heavy atom. The number of alkyl halides is 2. The molecule has 0 saturated heterocycles. The molecule has 2 saturated carbocycles. The molecule has 31 heavy (non-hydrogen) atoms. The fourth-order valence-corrected chi connectivity index (χ4v) is 4.59. The lowest BCUT2D eigenvalue weighted by Crippen LogP contribution is -2.43. The van der Waals surface area contributed by atoms with Crippen molar-refractivity contribution in [2.45, 2.75) is 62.7 Å². The van der Waals surface area contributed by atoms with Crippen LogP contribution in [0.4, 0.5) is 19.0 Å². The number of ketones is 1. The molecular formula is C24H25F3N2O2. The molecule has 1 heterocycles. The first kappa shape index (κ1) is 21.5. The van der Waals surface area contributed by atoms with E-state index in [4.69, 9.17) is 0 Å². The van der Waals surface area contributed by atoms with Crippen molar-refractivity contribution in [3.8, 4) is 0 Å². The van der Waals surface area contributed by atoms with Crippen molar-refractivity contribution < 1.29 is 22.8 Å². The monoisotopic (exact) mass is 430 g/mol. The van der Waals surface area contributed by atoms with Crippen LogP contribution in [0.25, 0.3) is 0 Å². The number of amides is 1. The van der Waals surface area contributed by atoms with E-state index in [9.17, 15) is 22.8 Å². The summed E-state index contributed by atoms with van der Waals surface area (Å²) in [6.07, 6.45) is 4.35. The highest BCUT2D eigenvalue weighted by molar-refractivity contribution is 5.93. The summed E-state index contributed by atoms with van der Waals surface area (Å²) in [6, 6.07) is 9.32. The van der Waals surface area contributed by atoms with E-state index < -0.39 is 29.6 Å². The number of Topliss-reactive ketones (excluding diaryl/α,β-unsaturated/α-hetero) is 1. The molecule has 164 valence electrons.